The highest BCUT2D eigenvalue weighted by molar-refractivity contribution is 6.08. The van der Waals surface area contributed by atoms with E-state index < -0.39 is 0 Å². The molecule has 0 saturated carbocycles. The molecule has 1 aliphatic carbocycles. The second-order valence-corrected chi connectivity index (χ2v) is 8.58. The van der Waals surface area contributed by atoms with Crippen LogP contribution in [0.1, 0.15) is 11.3 Å². The Morgan fingerprint density at radius 3 is 2.55 bits per heavy atom. The summed E-state index contributed by atoms with van der Waals surface area (Å²) in [5.74, 6) is 1.04. The van der Waals surface area contributed by atoms with Crippen molar-refractivity contribution in [3.63, 3.8) is 0 Å². The summed E-state index contributed by atoms with van der Waals surface area (Å²) in [6.07, 6.45) is 7.54. The number of nitrogens with zero attached hydrogens (tertiary/aromatic N) is 2. The highest BCUT2D eigenvalue weighted by Crippen LogP contribution is 2.44. The van der Waals surface area contributed by atoms with Crippen molar-refractivity contribution >= 4 is 21.7 Å². The second kappa shape index (κ2) is 7.14. The number of pyridine rings is 2. The lowest BCUT2D eigenvalue weighted by molar-refractivity contribution is 0.545. The number of rotatable bonds is 2. The highest BCUT2D eigenvalue weighted by Gasteiger charge is 2.25. The van der Waals surface area contributed by atoms with E-state index in [4.69, 9.17) is 9.40 Å². The average Bonchev–Trinajstić information content (AvgIpc) is 3.28. The maximum absolute atomic E-state index is 6.35. The van der Waals surface area contributed by atoms with Gasteiger partial charge in [-0.25, -0.2) is 0 Å². The minimum atomic E-state index is 0.884. The molecule has 6 aromatic rings. The first-order chi connectivity index (χ1) is 16.4. The smallest absolute Gasteiger partial charge is 0.138 e. The van der Waals surface area contributed by atoms with E-state index in [1.165, 1.54) is 38.6 Å². The fourth-order valence-corrected chi connectivity index (χ4v) is 5.20. The van der Waals surface area contributed by atoms with Crippen molar-refractivity contribution < 1.29 is 4.42 Å². The van der Waals surface area contributed by atoms with E-state index in [-0.39, 0.29) is 0 Å². The van der Waals surface area contributed by atoms with Crippen LogP contribution in [0.4, 0.5) is 0 Å². The molecule has 0 bridgehead atoms. The number of furan rings is 1. The van der Waals surface area contributed by atoms with E-state index >= 15 is 0 Å². The molecule has 0 atom stereocenters. The van der Waals surface area contributed by atoms with Crippen LogP contribution in [0.15, 0.2) is 102 Å². The van der Waals surface area contributed by atoms with Crippen LogP contribution in [0, 0.1) is 0 Å². The van der Waals surface area contributed by atoms with Gasteiger partial charge in [-0.1, -0.05) is 54.6 Å². The van der Waals surface area contributed by atoms with Crippen molar-refractivity contribution in [1.82, 2.24) is 9.97 Å². The Morgan fingerprint density at radius 2 is 1.61 bits per heavy atom. The zero-order valence-electron chi connectivity index (χ0n) is 18.0. The fourth-order valence-electron chi connectivity index (χ4n) is 5.20. The number of hydrogen-bond donors (Lipinski definition) is 0. The predicted molar refractivity (Wildman–Crippen MR) is 133 cm³/mol. The van der Waals surface area contributed by atoms with Gasteiger partial charge in [-0.15, -0.1) is 0 Å². The van der Waals surface area contributed by atoms with Gasteiger partial charge in [0.2, 0.25) is 0 Å². The predicted octanol–water partition coefficient (Wildman–Crippen LogP) is 7.48. The first-order valence-corrected chi connectivity index (χ1v) is 11.3. The molecule has 3 heterocycles. The molecule has 3 nitrogen and oxygen atoms in total. The van der Waals surface area contributed by atoms with E-state index in [0.717, 1.165) is 40.8 Å². The summed E-state index contributed by atoms with van der Waals surface area (Å²) in [7, 11) is 0. The fraction of sp³-hybridized carbons (Fsp3) is 0.0667. The van der Waals surface area contributed by atoms with Crippen LogP contribution in [0.2, 0.25) is 0 Å². The minimum Gasteiger partial charge on any atom is -0.460 e. The zero-order valence-corrected chi connectivity index (χ0v) is 18.0. The first kappa shape index (κ1) is 18.3. The lowest BCUT2D eigenvalue weighted by Crippen LogP contribution is -2.02. The molecule has 0 aliphatic heterocycles. The number of aromatic nitrogens is 2. The van der Waals surface area contributed by atoms with Gasteiger partial charge < -0.3 is 4.42 Å². The third-order valence-corrected chi connectivity index (χ3v) is 6.69. The third-order valence-electron chi connectivity index (χ3n) is 6.69. The Kier molecular flexibility index (Phi) is 3.97. The summed E-state index contributed by atoms with van der Waals surface area (Å²) in [5, 5.41) is 3.54. The quantitative estimate of drug-likeness (QED) is 0.289. The lowest BCUT2D eigenvalue weighted by Gasteiger charge is -2.16. The molecule has 3 aromatic heterocycles. The van der Waals surface area contributed by atoms with Gasteiger partial charge in [-0.2, -0.15) is 0 Å². The lowest BCUT2D eigenvalue weighted by atomic mass is 9.88. The number of fused-ring (bicyclic) bond motifs is 6. The van der Waals surface area contributed by atoms with Crippen LogP contribution in [-0.4, -0.2) is 9.97 Å². The van der Waals surface area contributed by atoms with E-state index in [1.807, 2.05) is 24.7 Å². The number of hydrogen-bond acceptors (Lipinski definition) is 3. The number of benzene rings is 3. The Labute approximate surface area is 191 Å². The monoisotopic (exact) mass is 424 g/mol. The van der Waals surface area contributed by atoms with Gasteiger partial charge in [0.15, 0.2) is 0 Å². The van der Waals surface area contributed by atoms with E-state index in [0.29, 0.717) is 0 Å². The van der Waals surface area contributed by atoms with Gasteiger partial charge in [-0.05, 0) is 63.7 Å². The van der Waals surface area contributed by atoms with Crippen molar-refractivity contribution in [3.8, 4) is 33.5 Å². The molecule has 156 valence electrons. The SMILES string of the molecule is c1ccc(-c2cc(-c3nccc4oc5c(c34)-c3ccncc3CC5)cc3ccccc23)cc1. The van der Waals surface area contributed by atoms with Gasteiger partial charge >= 0.3 is 0 Å². The molecule has 1 aliphatic rings. The topological polar surface area (TPSA) is 38.9 Å². The molecule has 0 radical (unpaired) electrons. The van der Waals surface area contributed by atoms with Crippen molar-refractivity contribution in [3.05, 3.63) is 109 Å². The summed E-state index contributed by atoms with van der Waals surface area (Å²) in [4.78, 5) is 9.25. The summed E-state index contributed by atoms with van der Waals surface area (Å²) >= 11 is 0. The molecule has 3 aromatic carbocycles. The third kappa shape index (κ3) is 2.82. The van der Waals surface area contributed by atoms with Gasteiger partial charge in [0.1, 0.15) is 11.3 Å². The van der Waals surface area contributed by atoms with E-state index in [9.17, 15) is 0 Å². The molecule has 0 unspecified atom stereocenters. The van der Waals surface area contributed by atoms with Crippen LogP contribution in [0.3, 0.4) is 0 Å². The van der Waals surface area contributed by atoms with Crippen molar-refractivity contribution in [2.45, 2.75) is 12.8 Å². The average molecular weight is 425 g/mol. The molecule has 0 spiro atoms. The molecule has 3 heteroatoms. The van der Waals surface area contributed by atoms with Gasteiger partial charge in [-0.3, -0.25) is 9.97 Å². The van der Waals surface area contributed by atoms with Crippen LogP contribution in [-0.2, 0) is 12.8 Å². The Hall–Kier alpha value is -4.24. The molecular formula is C30H20N2O. The van der Waals surface area contributed by atoms with Gasteiger partial charge in [0.25, 0.3) is 0 Å². The van der Waals surface area contributed by atoms with Crippen LogP contribution in [0.25, 0.3) is 55.3 Å². The molecule has 0 saturated heterocycles. The van der Waals surface area contributed by atoms with Crippen LogP contribution < -0.4 is 0 Å². The molecule has 33 heavy (non-hydrogen) atoms. The summed E-state index contributed by atoms with van der Waals surface area (Å²) < 4.78 is 6.35. The largest absolute Gasteiger partial charge is 0.460 e. The van der Waals surface area contributed by atoms with Crippen molar-refractivity contribution in [1.29, 1.82) is 0 Å². The standard InChI is InChI=1S/C30H20N2O/c1-2-6-19(7-3-1)25-17-22(16-20-8-4-5-9-23(20)25)30-29-27(13-15-32-30)33-26-11-10-21-18-31-14-12-24(21)28(26)29/h1-9,12-18H,10-11H2. The molecular weight excluding hydrogens is 404 g/mol. The maximum atomic E-state index is 6.35. The molecule has 0 fully saturated rings. The summed E-state index contributed by atoms with van der Waals surface area (Å²) in [5.41, 5.74) is 9.02. The Bertz CT molecular complexity index is 1660. The van der Waals surface area contributed by atoms with Crippen LogP contribution >= 0.6 is 0 Å². The highest BCUT2D eigenvalue weighted by atomic mass is 16.3. The van der Waals surface area contributed by atoms with Gasteiger partial charge in [0, 0.05) is 36.1 Å². The Morgan fingerprint density at radius 1 is 0.727 bits per heavy atom. The summed E-state index contributed by atoms with van der Waals surface area (Å²) in [6, 6.07) is 27.8. The van der Waals surface area contributed by atoms with E-state index in [2.05, 4.69) is 77.8 Å². The van der Waals surface area contributed by atoms with Gasteiger partial charge in [0.05, 0.1) is 11.1 Å². The normalized spacial score (nSPS) is 12.6. The molecule has 7 rings (SSSR count). The molecule has 0 amide bonds. The summed E-state index contributed by atoms with van der Waals surface area (Å²) in [6.45, 7) is 0. The maximum Gasteiger partial charge on any atom is 0.138 e. The minimum absolute atomic E-state index is 0.884. The zero-order chi connectivity index (χ0) is 21.8. The van der Waals surface area contributed by atoms with Crippen LogP contribution in [0.5, 0.6) is 0 Å². The number of aryl methyl sites for hydroxylation is 2. The molecule has 0 N–H and O–H groups in total. The Balaban J connectivity index is 1.55. The van der Waals surface area contributed by atoms with Crippen molar-refractivity contribution in [2.24, 2.45) is 0 Å². The second-order valence-electron chi connectivity index (χ2n) is 8.58. The van der Waals surface area contributed by atoms with Crippen molar-refractivity contribution in [2.75, 3.05) is 0 Å². The first-order valence-electron chi connectivity index (χ1n) is 11.3. The van der Waals surface area contributed by atoms with E-state index in [1.54, 1.807) is 0 Å².